The Kier molecular flexibility index (Phi) is 6.56. The minimum Gasteiger partial charge on any atom is -0.349 e. The fourth-order valence-corrected chi connectivity index (χ4v) is 2.86. The van der Waals surface area contributed by atoms with E-state index < -0.39 is 5.82 Å². The Morgan fingerprint density at radius 2 is 1.69 bits per heavy atom. The van der Waals surface area contributed by atoms with E-state index in [-0.39, 0.29) is 36.9 Å². The number of hydrogen-bond donors (Lipinski definition) is 4. The van der Waals surface area contributed by atoms with Crippen molar-refractivity contribution in [3.05, 3.63) is 59.9 Å². The van der Waals surface area contributed by atoms with Crippen LogP contribution >= 0.6 is 0 Å². The SMILES string of the molecule is C[NH+](CC(=O)Nc1cccc(F)c1)CC(=O)Nc1ccccc1C(=O)NC1CC1. The number of nitrogens with one attached hydrogen (secondary N) is 4. The molecule has 0 bridgehead atoms. The highest BCUT2D eigenvalue weighted by molar-refractivity contribution is 6.04. The van der Waals surface area contributed by atoms with E-state index in [1.54, 1.807) is 37.4 Å². The Hall–Kier alpha value is -3.26. The van der Waals surface area contributed by atoms with Gasteiger partial charge in [0.1, 0.15) is 5.82 Å². The van der Waals surface area contributed by atoms with Gasteiger partial charge in [-0.1, -0.05) is 18.2 Å². The van der Waals surface area contributed by atoms with Gasteiger partial charge in [-0.2, -0.15) is 0 Å². The van der Waals surface area contributed by atoms with Crippen molar-refractivity contribution in [2.24, 2.45) is 0 Å². The molecule has 0 aliphatic heterocycles. The lowest BCUT2D eigenvalue weighted by molar-refractivity contribution is -0.862. The zero-order chi connectivity index (χ0) is 20.8. The summed E-state index contributed by atoms with van der Waals surface area (Å²) in [5, 5.41) is 8.25. The van der Waals surface area contributed by atoms with Crippen molar-refractivity contribution in [1.82, 2.24) is 5.32 Å². The number of quaternary nitrogens is 1. The van der Waals surface area contributed by atoms with E-state index in [0.717, 1.165) is 12.8 Å². The van der Waals surface area contributed by atoms with Gasteiger partial charge >= 0.3 is 0 Å². The number of hydrogen-bond acceptors (Lipinski definition) is 3. The smallest absolute Gasteiger partial charge is 0.279 e. The van der Waals surface area contributed by atoms with Gasteiger partial charge in [0.2, 0.25) is 0 Å². The Bertz CT molecular complexity index is 914. The van der Waals surface area contributed by atoms with E-state index in [1.807, 2.05) is 0 Å². The summed E-state index contributed by atoms with van der Waals surface area (Å²) in [6.45, 7) is 0.0723. The molecule has 1 saturated carbocycles. The van der Waals surface area contributed by atoms with Gasteiger partial charge in [-0.15, -0.1) is 0 Å². The highest BCUT2D eigenvalue weighted by Crippen LogP contribution is 2.21. The second-order valence-electron chi connectivity index (χ2n) is 7.21. The maximum absolute atomic E-state index is 13.2. The zero-order valence-electron chi connectivity index (χ0n) is 16.1. The predicted octanol–water partition coefficient (Wildman–Crippen LogP) is 0.810. The number of carbonyl (C=O) groups is 3. The summed E-state index contributed by atoms with van der Waals surface area (Å²) in [6, 6.07) is 12.7. The van der Waals surface area contributed by atoms with E-state index in [4.69, 9.17) is 0 Å². The van der Waals surface area contributed by atoms with Crippen molar-refractivity contribution in [1.29, 1.82) is 0 Å². The molecular formula is C21H24FN4O3+. The summed E-state index contributed by atoms with van der Waals surface area (Å²) >= 11 is 0. The van der Waals surface area contributed by atoms with Crippen LogP contribution in [0.4, 0.5) is 15.8 Å². The fourth-order valence-electron chi connectivity index (χ4n) is 2.86. The van der Waals surface area contributed by atoms with Gasteiger partial charge in [0, 0.05) is 11.7 Å². The molecule has 2 aromatic carbocycles. The maximum atomic E-state index is 13.2. The molecule has 0 aromatic heterocycles. The molecule has 0 saturated heterocycles. The maximum Gasteiger partial charge on any atom is 0.279 e. The summed E-state index contributed by atoms with van der Waals surface area (Å²) < 4.78 is 13.2. The van der Waals surface area contributed by atoms with Gasteiger partial charge in [-0.05, 0) is 43.2 Å². The van der Waals surface area contributed by atoms with Crippen LogP contribution in [0.1, 0.15) is 23.2 Å². The molecule has 3 amide bonds. The van der Waals surface area contributed by atoms with Gasteiger partial charge in [-0.3, -0.25) is 14.4 Å². The molecule has 1 fully saturated rings. The molecule has 0 radical (unpaired) electrons. The van der Waals surface area contributed by atoms with Gasteiger partial charge < -0.3 is 20.9 Å². The number of para-hydroxylation sites is 1. The number of carbonyl (C=O) groups excluding carboxylic acids is 3. The first kappa shape index (κ1) is 20.5. The van der Waals surface area contributed by atoms with Crippen LogP contribution in [0.3, 0.4) is 0 Å². The Labute approximate surface area is 168 Å². The molecule has 7 nitrogen and oxygen atoms in total. The fraction of sp³-hybridized carbons (Fsp3) is 0.286. The molecule has 152 valence electrons. The quantitative estimate of drug-likeness (QED) is 0.529. The molecule has 1 aliphatic carbocycles. The summed E-state index contributed by atoms with van der Waals surface area (Å²) in [7, 11) is 1.70. The minimum atomic E-state index is -0.438. The third-order valence-electron chi connectivity index (χ3n) is 4.39. The van der Waals surface area contributed by atoms with Crippen LogP contribution in [-0.4, -0.2) is 43.9 Å². The van der Waals surface area contributed by atoms with E-state index >= 15 is 0 Å². The lowest BCUT2D eigenvalue weighted by Gasteiger charge is -2.15. The minimum absolute atomic E-state index is 0.0355. The first-order valence-corrected chi connectivity index (χ1v) is 9.47. The molecule has 1 atom stereocenters. The number of rotatable bonds is 8. The van der Waals surface area contributed by atoms with Crippen LogP contribution in [0, 0.1) is 5.82 Å². The van der Waals surface area contributed by atoms with Crippen LogP contribution in [0.5, 0.6) is 0 Å². The van der Waals surface area contributed by atoms with Crippen molar-refractivity contribution in [2.75, 3.05) is 30.8 Å². The van der Waals surface area contributed by atoms with Crippen LogP contribution < -0.4 is 20.9 Å². The van der Waals surface area contributed by atoms with Crippen molar-refractivity contribution in [3.63, 3.8) is 0 Å². The zero-order valence-corrected chi connectivity index (χ0v) is 16.1. The van der Waals surface area contributed by atoms with Crippen molar-refractivity contribution in [2.45, 2.75) is 18.9 Å². The number of amides is 3. The Balaban J connectivity index is 1.51. The number of benzene rings is 2. The lowest BCUT2D eigenvalue weighted by Crippen LogP contribution is -3.11. The van der Waals surface area contributed by atoms with E-state index in [0.29, 0.717) is 21.8 Å². The molecular weight excluding hydrogens is 375 g/mol. The molecule has 2 aromatic rings. The second-order valence-corrected chi connectivity index (χ2v) is 7.21. The summed E-state index contributed by atoms with van der Waals surface area (Å²) in [6.07, 6.45) is 1.96. The molecule has 0 spiro atoms. The van der Waals surface area contributed by atoms with Gasteiger partial charge in [-0.25, -0.2) is 4.39 Å². The highest BCUT2D eigenvalue weighted by atomic mass is 19.1. The number of likely N-dealkylation sites (N-methyl/N-ethyl adjacent to an activating group) is 1. The third-order valence-corrected chi connectivity index (χ3v) is 4.39. The molecule has 3 rings (SSSR count). The second kappa shape index (κ2) is 9.29. The normalized spacial score (nSPS) is 14.0. The van der Waals surface area contributed by atoms with Crippen LogP contribution in [-0.2, 0) is 9.59 Å². The molecule has 29 heavy (non-hydrogen) atoms. The lowest BCUT2D eigenvalue weighted by atomic mass is 10.1. The first-order chi connectivity index (χ1) is 13.9. The number of anilines is 2. The first-order valence-electron chi connectivity index (χ1n) is 9.47. The van der Waals surface area contributed by atoms with Crippen LogP contribution in [0.25, 0.3) is 0 Å². The van der Waals surface area contributed by atoms with Crippen molar-refractivity contribution in [3.8, 4) is 0 Å². The topological polar surface area (TPSA) is 91.7 Å². The Morgan fingerprint density at radius 3 is 2.38 bits per heavy atom. The van der Waals surface area contributed by atoms with Crippen molar-refractivity contribution < 1.29 is 23.7 Å². The Morgan fingerprint density at radius 1 is 1.00 bits per heavy atom. The largest absolute Gasteiger partial charge is 0.349 e. The molecule has 8 heteroatoms. The van der Waals surface area contributed by atoms with Gasteiger partial charge in [0.05, 0.1) is 18.3 Å². The van der Waals surface area contributed by atoms with Gasteiger partial charge in [0.25, 0.3) is 17.7 Å². The molecule has 1 unspecified atom stereocenters. The summed E-state index contributed by atoms with van der Waals surface area (Å²) in [5.41, 5.74) is 1.21. The highest BCUT2D eigenvalue weighted by Gasteiger charge is 2.25. The molecule has 1 aliphatic rings. The van der Waals surface area contributed by atoms with Crippen LogP contribution in [0.2, 0.25) is 0 Å². The molecule has 0 heterocycles. The number of halogens is 1. The molecule has 4 N–H and O–H groups in total. The van der Waals surface area contributed by atoms with E-state index in [2.05, 4.69) is 16.0 Å². The summed E-state index contributed by atoms with van der Waals surface area (Å²) in [5.74, 6) is -1.29. The van der Waals surface area contributed by atoms with Crippen molar-refractivity contribution >= 4 is 29.1 Å². The van der Waals surface area contributed by atoms with Crippen LogP contribution in [0.15, 0.2) is 48.5 Å². The van der Waals surface area contributed by atoms with E-state index in [9.17, 15) is 18.8 Å². The predicted molar refractivity (Wildman–Crippen MR) is 107 cm³/mol. The van der Waals surface area contributed by atoms with E-state index in [1.165, 1.54) is 18.2 Å². The standard InChI is InChI=1S/C21H23FN4O3/c1-26(12-19(27)23-16-6-4-5-14(22)11-16)13-20(28)25-18-8-3-2-7-17(18)21(29)24-15-9-10-15/h2-8,11,15H,9-10,12-13H2,1H3,(H,23,27)(H,24,29)(H,25,28)/p+1. The average molecular weight is 399 g/mol. The van der Waals surface area contributed by atoms with Gasteiger partial charge in [0.15, 0.2) is 13.1 Å². The third kappa shape index (κ3) is 6.39. The summed E-state index contributed by atoms with van der Waals surface area (Å²) in [4.78, 5) is 37.4. The average Bonchev–Trinajstić information content (AvgIpc) is 3.45. The monoisotopic (exact) mass is 399 g/mol.